The summed E-state index contributed by atoms with van der Waals surface area (Å²) in [4.78, 5) is 21.4. The number of ether oxygens (including phenoxy) is 2. The van der Waals surface area contributed by atoms with Crippen LogP contribution >= 0.6 is 0 Å². The summed E-state index contributed by atoms with van der Waals surface area (Å²) in [5.74, 6) is -0.587. The van der Waals surface area contributed by atoms with Crippen LogP contribution in [0.2, 0.25) is 0 Å². The molecule has 0 saturated heterocycles. The van der Waals surface area contributed by atoms with Crippen LogP contribution in [0.5, 0.6) is 5.75 Å². The standard InChI is InChI=1S/C13H16O5/c1-2-12(14)18-9-3-8-17-11-6-4-10(5-7-11)13(15)16/h4-7H,2-3,8-9H2,1H3,(H,15,16). The average molecular weight is 252 g/mol. The maximum atomic E-state index is 10.8. The predicted octanol–water partition coefficient (Wildman–Crippen LogP) is 2.11. The predicted molar refractivity (Wildman–Crippen MR) is 64.8 cm³/mol. The summed E-state index contributed by atoms with van der Waals surface area (Å²) in [5.41, 5.74) is 0.222. The molecule has 5 heteroatoms. The van der Waals surface area contributed by atoms with Crippen LogP contribution in [0.3, 0.4) is 0 Å². The Morgan fingerprint density at radius 2 is 1.83 bits per heavy atom. The molecule has 0 fully saturated rings. The lowest BCUT2D eigenvalue weighted by Gasteiger charge is -2.06. The van der Waals surface area contributed by atoms with E-state index in [4.69, 9.17) is 14.6 Å². The molecule has 0 aliphatic heterocycles. The van der Waals surface area contributed by atoms with E-state index in [-0.39, 0.29) is 11.5 Å². The maximum Gasteiger partial charge on any atom is 0.335 e. The van der Waals surface area contributed by atoms with Crippen molar-refractivity contribution in [3.05, 3.63) is 29.8 Å². The molecule has 1 rings (SSSR count). The van der Waals surface area contributed by atoms with Gasteiger partial charge in [0.05, 0.1) is 18.8 Å². The topological polar surface area (TPSA) is 72.8 Å². The Balaban J connectivity index is 2.23. The van der Waals surface area contributed by atoms with Crippen LogP contribution in [-0.4, -0.2) is 30.3 Å². The number of carboxylic acid groups (broad SMARTS) is 1. The van der Waals surface area contributed by atoms with Gasteiger partial charge in [-0.3, -0.25) is 4.79 Å². The number of carboxylic acids is 1. The normalized spacial score (nSPS) is 9.83. The first kappa shape index (κ1) is 14.0. The molecule has 1 aromatic carbocycles. The van der Waals surface area contributed by atoms with Crippen molar-refractivity contribution >= 4 is 11.9 Å². The van der Waals surface area contributed by atoms with Crippen LogP contribution in [0.15, 0.2) is 24.3 Å². The fraction of sp³-hybridized carbons (Fsp3) is 0.385. The van der Waals surface area contributed by atoms with Gasteiger partial charge in [-0.2, -0.15) is 0 Å². The molecule has 0 bridgehead atoms. The van der Waals surface area contributed by atoms with Crippen LogP contribution in [0.4, 0.5) is 0 Å². The molecular formula is C13H16O5. The molecule has 0 aromatic heterocycles. The number of hydrogen-bond donors (Lipinski definition) is 1. The van der Waals surface area contributed by atoms with E-state index in [1.165, 1.54) is 12.1 Å². The van der Waals surface area contributed by atoms with Crippen LogP contribution in [-0.2, 0) is 9.53 Å². The van der Waals surface area contributed by atoms with E-state index in [0.29, 0.717) is 31.8 Å². The summed E-state index contributed by atoms with van der Waals surface area (Å²) in [6, 6.07) is 6.16. The van der Waals surface area contributed by atoms with E-state index >= 15 is 0 Å². The Kier molecular flexibility index (Phi) is 5.70. The third-order valence-electron chi connectivity index (χ3n) is 2.21. The summed E-state index contributed by atoms with van der Waals surface area (Å²) in [5, 5.41) is 8.71. The number of aromatic carboxylic acids is 1. The minimum atomic E-state index is -0.965. The third-order valence-corrected chi connectivity index (χ3v) is 2.21. The Bertz CT molecular complexity index is 396. The molecule has 98 valence electrons. The monoisotopic (exact) mass is 252 g/mol. The molecule has 0 heterocycles. The van der Waals surface area contributed by atoms with Crippen LogP contribution in [0, 0.1) is 0 Å². The Morgan fingerprint density at radius 1 is 1.17 bits per heavy atom. The third kappa shape index (κ3) is 4.86. The number of benzene rings is 1. The Hall–Kier alpha value is -2.04. The van der Waals surface area contributed by atoms with Gasteiger partial charge in [0, 0.05) is 12.8 Å². The molecule has 1 aromatic rings. The van der Waals surface area contributed by atoms with Gasteiger partial charge in [0.15, 0.2) is 0 Å². The highest BCUT2D eigenvalue weighted by atomic mass is 16.5. The molecule has 0 radical (unpaired) electrons. The molecule has 0 aliphatic carbocycles. The fourth-order valence-corrected chi connectivity index (χ4v) is 1.23. The van der Waals surface area contributed by atoms with E-state index in [2.05, 4.69) is 0 Å². The molecule has 0 atom stereocenters. The summed E-state index contributed by atoms with van der Waals surface area (Å²) < 4.78 is 10.3. The summed E-state index contributed by atoms with van der Waals surface area (Å²) in [6.07, 6.45) is 0.976. The molecule has 18 heavy (non-hydrogen) atoms. The van der Waals surface area contributed by atoms with Crippen molar-refractivity contribution < 1.29 is 24.2 Å². The fourth-order valence-electron chi connectivity index (χ4n) is 1.23. The molecule has 0 spiro atoms. The first-order chi connectivity index (χ1) is 8.63. The molecule has 5 nitrogen and oxygen atoms in total. The van der Waals surface area contributed by atoms with Crippen molar-refractivity contribution in [2.75, 3.05) is 13.2 Å². The molecule has 0 unspecified atom stereocenters. The van der Waals surface area contributed by atoms with Crippen molar-refractivity contribution in [2.45, 2.75) is 19.8 Å². The van der Waals surface area contributed by atoms with Gasteiger partial charge in [-0.25, -0.2) is 4.79 Å². The van der Waals surface area contributed by atoms with Crippen molar-refractivity contribution in [3.8, 4) is 5.75 Å². The lowest BCUT2D eigenvalue weighted by Crippen LogP contribution is -2.07. The SMILES string of the molecule is CCC(=O)OCCCOc1ccc(C(=O)O)cc1. The van der Waals surface area contributed by atoms with Gasteiger partial charge < -0.3 is 14.6 Å². The van der Waals surface area contributed by atoms with E-state index in [1.54, 1.807) is 19.1 Å². The zero-order valence-corrected chi connectivity index (χ0v) is 10.2. The Labute approximate surface area is 105 Å². The Morgan fingerprint density at radius 3 is 2.39 bits per heavy atom. The summed E-state index contributed by atoms with van der Waals surface area (Å²) in [6.45, 7) is 2.49. The quantitative estimate of drug-likeness (QED) is 0.594. The molecular weight excluding hydrogens is 236 g/mol. The first-order valence-corrected chi connectivity index (χ1v) is 5.75. The van der Waals surface area contributed by atoms with Crippen molar-refractivity contribution in [2.24, 2.45) is 0 Å². The largest absolute Gasteiger partial charge is 0.493 e. The minimum absolute atomic E-state index is 0.221. The van der Waals surface area contributed by atoms with Gasteiger partial charge in [0.1, 0.15) is 5.75 Å². The smallest absolute Gasteiger partial charge is 0.335 e. The van der Waals surface area contributed by atoms with Gasteiger partial charge in [0.2, 0.25) is 0 Å². The summed E-state index contributed by atoms with van der Waals surface area (Å²) >= 11 is 0. The molecule has 0 amide bonds. The second kappa shape index (κ2) is 7.32. The number of hydrogen-bond acceptors (Lipinski definition) is 4. The minimum Gasteiger partial charge on any atom is -0.493 e. The van der Waals surface area contributed by atoms with Crippen LogP contribution < -0.4 is 4.74 Å². The second-order valence-electron chi connectivity index (χ2n) is 3.61. The number of esters is 1. The van der Waals surface area contributed by atoms with Gasteiger partial charge in [-0.1, -0.05) is 6.92 Å². The highest BCUT2D eigenvalue weighted by Gasteiger charge is 2.02. The van der Waals surface area contributed by atoms with Crippen molar-refractivity contribution in [1.29, 1.82) is 0 Å². The summed E-state index contributed by atoms with van der Waals surface area (Å²) in [7, 11) is 0. The second-order valence-corrected chi connectivity index (χ2v) is 3.61. The number of carbonyl (C=O) groups excluding carboxylic acids is 1. The molecule has 0 saturated carbocycles. The molecule has 0 aliphatic rings. The number of rotatable bonds is 7. The van der Waals surface area contributed by atoms with E-state index in [0.717, 1.165) is 0 Å². The molecule has 1 N–H and O–H groups in total. The van der Waals surface area contributed by atoms with E-state index < -0.39 is 5.97 Å². The van der Waals surface area contributed by atoms with Gasteiger partial charge in [-0.15, -0.1) is 0 Å². The van der Waals surface area contributed by atoms with Gasteiger partial charge >= 0.3 is 11.9 Å². The first-order valence-electron chi connectivity index (χ1n) is 5.75. The lowest BCUT2D eigenvalue weighted by atomic mass is 10.2. The van der Waals surface area contributed by atoms with Gasteiger partial charge in [0.25, 0.3) is 0 Å². The average Bonchev–Trinajstić information content (AvgIpc) is 2.38. The van der Waals surface area contributed by atoms with Gasteiger partial charge in [-0.05, 0) is 24.3 Å². The van der Waals surface area contributed by atoms with Crippen molar-refractivity contribution in [1.82, 2.24) is 0 Å². The van der Waals surface area contributed by atoms with Crippen LogP contribution in [0.25, 0.3) is 0 Å². The highest BCUT2D eigenvalue weighted by Crippen LogP contribution is 2.12. The van der Waals surface area contributed by atoms with E-state index in [9.17, 15) is 9.59 Å². The maximum absolute atomic E-state index is 10.8. The van der Waals surface area contributed by atoms with Crippen molar-refractivity contribution in [3.63, 3.8) is 0 Å². The zero-order chi connectivity index (χ0) is 13.4. The number of carbonyl (C=O) groups is 2. The van der Waals surface area contributed by atoms with E-state index in [1.807, 2.05) is 0 Å². The highest BCUT2D eigenvalue weighted by molar-refractivity contribution is 5.87. The van der Waals surface area contributed by atoms with Crippen LogP contribution in [0.1, 0.15) is 30.1 Å². The zero-order valence-electron chi connectivity index (χ0n) is 10.2. The lowest BCUT2D eigenvalue weighted by molar-refractivity contribution is -0.143.